The van der Waals surface area contributed by atoms with E-state index in [4.69, 9.17) is 0 Å². The SMILES string of the molecule is C=Cc1ccccc1.CC(C)(C)C. The Kier molecular flexibility index (Phi) is 5.13. The van der Waals surface area contributed by atoms with E-state index in [-0.39, 0.29) is 0 Å². The third kappa shape index (κ3) is 11.0. The lowest BCUT2D eigenvalue weighted by Gasteiger charge is -2.05. The summed E-state index contributed by atoms with van der Waals surface area (Å²) in [7, 11) is 0. The van der Waals surface area contributed by atoms with Gasteiger partial charge in [0.15, 0.2) is 0 Å². The van der Waals surface area contributed by atoms with Crippen LogP contribution >= 0.6 is 0 Å². The van der Waals surface area contributed by atoms with Gasteiger partial charge in [-0.25, -0.2) is 0 Å². The minimum Gasteiger partial charge on any atom is -0.0985 e. The molecule has 0 heteroatoms. The molecule has 1 rings (SSSR count). The molecule has 0 amide bonds. The van der Waals surface area contributed by atoms with Crippen molar-refractivity contribution in [1.29, 1.82) is 0 Å². The Bertz CT molecular complexity index is 220. The van der Waals surface area contributed by atoms with Gasteiger partial charge in [-0.15, -0.1) is 0 Å². The van der Waals surface area contributed by atoms with Crippen LogP contribution in [0.2, 0.25) is 0 Å². The summed E-state index contributed by atoms with van der Waals surface area (Å²) in [5, 5.41) is 0. The van der Waals surface area contributed by atoms with E-state index in [0.717, 1.165) is 0 Å². The van der Waals surface area contributed by atoms with E-state index < -0.39 is 0 Å². The van der Waals surface area contributed by atoms with E-state index in [1.54, 1.807) is 0 Å². The molecule has 1 aromatic carbocycles. The Labute approximate surface area is 82.3 Å². The number of hydrogen-bond acceptors (Lipinski definition) is 0. The van der Waals surface area contributed by atoms with Crippen molar-refractivity contribution in [2.24, 2.45) is 5.41 Å². The molecule has 0 nitrogen and oxygen atoms in total. The first-order valence-corrected chi connectivity index (χ1v) is 4.61. The van der Waals surface area contributed by atoms with Gasteiger partial charge in [-0.3, -0.25) is 0 Å². The summed E-state index contributed by atoms with van der Waals surface area (Å²) in [6.07, 6.45) is 1.83. The molecule has 0 aliphatic carbocycles. The predicted molar refractivity (Wildman–Crippen MR) is 61.7 cm³/mol. The fraction of sp³-hybridized carbons (Fsp3) is 0.385. The second kappa shape index (κ2) is 5.58. The molecule has 13 heavy (non-hydrogen) atoms. The molecule has 0 N–H and O–H groups in total. The summed E-state index contributed by atoms with van der Waals surface area (Å²) in [5.74, 6) is 0. The van der Waals surface area contributed by atoms with E-state index >= 15 is 0 Å². The lowest BCUT2D eigenvalue weighted by atomic mass is 10.0. The molecule has 0 saturated heterocycles. The minimum absolute atomic E-state index is 0.500. The lowest BCUT2D eigenvalue weighted by molar-refractivity contribution is 0.469. The normalized spacial score (nSPS) is 9.85. The topological polar surface area (TPSA) is 0 Å². The monoisotopic (exact) mass is 176 g/mol. The summed E-state index contributed by atoms with van der Waals surface area (Å²) in [6, 6.07) is 10.0. The fourth-order valence-corrected chi connectivity index (χ4v) is 0.589. The molecular weight excluding hydrogens is 156 g/mol. The molecule has 72 valence electrons. The molecule has 1 aromatic rings. The maximum Gasteiger partial charge on any atom is -0.0263 e. The second-order valence-corrected chi connectivity index (χ2v) is 4.61. The third-order valence-corrected chi connectivity index (χ3v) is 1.04. The standard InChI is InChI=1S/C8H8.C5H12/c1-2-8-6-4-3-5-7-8;1-5(2,3)4/h2-7H,1H2;1-4H3. The van der Waals surface area contributed by atoms with E-state index in [1.807, 2.05) is 36.4 Å². The molecule has 0 heterocycles. The van der Waals surface area contributed by atoms with Crippen molar-refractivity contribution in [2.75, 3.05) is 0 Å². The molecule has 0 spiro atoms. The molecule has 0 bridgehead atoms. The van der Waals surface area contributed by atoms with Crippen LogP contribution in [0.5, 0.6) is 0 Å². The van der Waals surface area contributed by atoms with Gasteiger partial charge in [-0.2, -0.15) is 0 Å². The summed E-state index contributed by atoms with van der Waals surface area (Å²) >= 11 is 0. The van der Waals surface area contributed by atoms with Crippen molar-refractivity contribution in [3.05, 3.63) is 42.5 Å². The first-order valence-electron chi connectivity index (χ1n) is 4.61. The Morgan fingerprint density at radius 2 is 1.38 bits per heavy atom. The van der Waals surface area contributed by atoms with Crippen LogP contribution in [-0.4, -0.2) is 0 Å². The van der Waals surface area contributed by atoms with Crippen LogP contribution in [0.3, 0.4) is 0 Å². The zero-order chi connectivity index (χ0) is 10.3. The summed E-state index contributed by atoms with van der Waals surface area (Å²) < 4.78 is 0. The summed E-state index contributed by atoms with van der Waals surface area (Å²) in [5.41, 5.74) is 1.67. The first-order chi connectivity index (χ1) is 5.93. The smallest absolute Gasteiger partial charge is 0.0263 e. The van der Waals surface area contributed by atoms with Gasteiger partial charge in [0.25, 0.3) is 0 Å². The first kappa shape index (κ1) is 12.0. The molecule has 0 saturated carbocycles. The van der Waals surface area contributed by atoms with Crippen LogP contribution in [0.25, 0.3) is 6.08 Å². The van der Waals surface area contributed by atoms with Crippen molar-refractivity contribution in [2.45, 2.75) is 27.7 Å². The average molecular weight is 176 g/mol. The highest BCUT2D eigenvalue weighted by Crippen LogP contribution is 2.08. The van der Waals surface area contributed by atoms with E-state index in [9.17, 15) is 0 Å². The van der Waals surface area contributed by atoms with E-state index in [0.29, 0.717) is 5.41 Å². The van der Waals surface area contributed by atoms with Gasteiger partial charge in [0.2, 0.25) is 0 Å². The van der Waals surface area contributed by atoms with Crippen LogP contribution in [0.15, 0.2) is 36.9 Å². The number of hydrogen-bond donors (Lipinski definition) is 0. The summed E-state index contributed by atoms with van der Waals surface area (Å²) in [6.45, 7) is 12.4. The molecule has 0 fully saturated rings. The molecule has 0 aliphatic heterocycles. The van der Waals surface area contributed by atoms with Gasteiger partial charge in [0.05, 0.1) is 0 Å². The van der Waals surface area contributed by atoms with Gasteiger partial charge in [0.1, 0.15) is 0 Å². The second-order valence-electron chi connectivity index (χ2n) is 4.61. The highest BCUT2D eigenvalue weighted by Gasteiger charge is 1.95. The largest absolute Gasteiger partial charge is 0.0985 e. The highest BCUT2D eigenvalue weighted by atomic mass is 14.0. The Morgan fingerprint density at radius 3 is 1.62 bits per heavy atom. The molecule has 0 atom stereocenters. The Morgan fingerprint density at radius 1 is 1.00 bits per heavy atom. The Balaban J connectivity index is 0.000000252. The van der Waals surface area contributed by atoms with Crippen molar-refractivity contribution in [3.63, 3.8) is 0 Å². The molecular formula is C13H20. The molecule has 0 aromatic heterocycles. The van der Waals surface area contributed by atoms with Crippen molar-refractivity contribution < 1.29 is 0 Å². The molecule has 0 aliphatic rings. The Hall–Kier alpha value is -1.04. The minimum atomic E-state index is 0.500. The number of benzene rings is 1. The van der Waals surface area contributed by atoms with Gasteiger partial charge < -0.3 is 0 Å². The third-order valence-electron chi connectivity index (χ3n) is 1.04. The number of rotatable bonds is 1. The quantitative estimate of drug-likeness (QED) is 0.595. The lowest BCUT2D eigenvalue weighted by Crippen LogP contribution is -1.93. The van der Waals surface area contributed by atoms with Crippen molar-refractivity contribution in [3.8, 4) is 0 Å². The average Bonchev–Trinajstić information content (AvgIpc) is 2.03. The van der Waals surface area contributed by atoms with Crippen LogP contribution < -0.4 is 0 Å². The van der Waals surface area contributed by atoms with Crippen LogP contribution in [0.4, 0.5) is 0 Å². The van der Waals surface area contributed by atoms with Gasteiger partial charge in [-0.1, -0.05) is 70.7 Å². The van der Waals surface area contributed by atoms with E-state index in [2.05, 4.69) is 34.3 Å². The van der Waals surface area contributed by atoms with Crippen molar-refractivity contribution in [1.82, 2.24) is 0 Å². The molecule has 0 unspecified atom stereocenters. The summed E-state index contributed by atoms with van der Waals surface area (Å²) in [4.78, 5) is 0. The van der Waals surface area contributed by atoms with Crippen LogP contribution in [0, 0.1) is 5.41 Å². The van der Waals surface area contributed by atoms with Gasteiger partial charge in [-0.05, 0) is 11.0 Å². The fourth-order valence-electron chi connectivity index (χ4n) is 0.589. The zero-order valence-corrected chi connectivity index (χ0v) is 9.17. The predicted octanol–water partition coefficient (Wildman–Crippen LogP) is 4.38. The zero-order valence-electron chi connectivity index (χ0n) is 9.17. The van der Waals surface area contributed by atoms with Crippen LogP contribution in [-0.2, 0) is 0 Å². The van der Waals surface area contributed by atoms with Gasteiger partial charge in [0, 0.05) is 0 Å². The maximum atomic E-state index is 3.63. The highest BCUT2D eigenvalue weighted by molar-refractivity contribution is 5.45. The van der Waals surface area contributed by atoms with Gasteiger partial charge >= 0.3 is 0 Å². The van der Waals surface area contributed by atoms with E-state index in [1.165, 1.54) is 5.56 Å². The van der Waals surface area contributed by atoms with Crippen LogP contribution in [0.1, 0.15) is 33.3 Å². The van der Waals surface area contributed by atoms with Crippen molar-refractivity contribution >= 4 is 6.08 Å². The molecule has 0 radical (unpaired) electrons. The maximum absolute atomic E-state index is 3.63.